The Labute approximate surface area is 213 Å². The Kier molecular flexibility index (Phi) is 6.44. The van der Waals surface area contributed by atoms with Gasteiger partial charge in [0.1, 0.15) is 11.9 Å². The van der Waals surface area contributed by atoms with Gasteiger partial charge in [-0.25, -0.2) is 17.8 Å². The molecule has 2 aromatic heterocycles. The lowest BCUT2D eigenvalue weighted by Crippen LogP contribution is -2.55. The number of sulfonamides is 1. The van der Waals surface area contributed by atoms with E-state index >= 15 is 0 Å². The lowest BCUT2D eigenvalue weighted by Gasteiger charge is -2.42. The Balaban J connectivity index is 1.26. The lowest BCUT2D eigenvalue weighted by molar-refractivity contribution is -0.136. The van der Waals surface area contributed by atoms with Crippen molar-refractivity contribution in [2.24, 2.45) is 0 Å². The molecule has 1 saturated heterocycles. The Morgan fingerprint density at radius 1 is 1.17 bits per heavy atom. The predicted octanol–water partition coefficient (Wildman–Crippen LogP) is 4.34. The van der Waals surface area contributed by atoms with Crippen molar-refractivity contribution < 1.29 is 17.6 Å². The average molecular weight is 528 g/mol. The smallest absolute Gasteiger partial charge is 0.263 e. The maximum Gasteiger partial charge on any atom is 0.263 e. The van der Waals surface area contributed by atoms with Gasteiger partial charge in [0.15, 0.2) is 5.13 Å². The van der Waals surface area contributed by atoms with Crippen LogP contribution >= 0.6 is 11.3 Å². The number of halogens is 1. The summed E-state index contributed by atoms with van der Waals surface area (Å²) in [5.41, 5.74) is 1.59. The van der Waals surface area contributed by atoms with Crippen molar-refractivity contribution in [2.45, 2.75) is 30.8 Å². The summed E-state index contributed by atoms with van der Waals surface area (Å²) in [6.07, 6.45) is 3.30. The first-order valence-corrected chi connectivity index (χ1v) is 13.9. The highest BCUT2D eigenvalue weighted by Crippen LogP contribution is 2.27. The Bertz CT molecular complexity index is 1490. The van der Waals surface area contributed by atoms with Gasteiger partial charge in [-0.1, -0.05) is 6.07 Å². The second-order valence-electron chi connectivity index (χ2n) is 8.83. The Morgan fingerprint density at radius 2 is 1.94 bits per heavy atom. The van der Waals surface area contributed by atoms with Gasteiger partial charge < -0.3 is 14.4 Å². The molecule has 1 amide bonds. The molecule has 0 bridgehead atoms. The van der Waals surface area contributed by atoms with E-state index < -0.39 is 16.1 Å². The third kappa shape index (κ3) is 4.56. The molecular formula is C25H26FN5O3S2. The number of anilines is 2. The molecule has 1 fully saturated rings. The molecule has 5 rings (SSSR count). The number of carbonyl (C=O) groups is 1. The normalized spacial score (nSPS) is 17.4. The number of rotatable bonds is 6. The third-order valence-corrected chi connectivity index (χ3v) is 8.73. The molecule has 4 aromatic rings. The van der Waals surface area contributed by atoms with Crippen molar-refractivity contribution >= 4 is 49.0 Å². The second-order valence-corrected chi connectivity index (χ2v) is 11.4. The molecule has 0 saturated carbocycles. The van der Waals surface area contributed by atoms with Crippen LogP contribution in [0.15, 0.2) is 71.2 Å². The van der Waals surface area contributed by atoms with Crippen LogP contribution in [-0.4, -0.2) is 54.5 Å². The number of aromatic nitrogens is 2. The molecule has 1 N–H and O–H groups in total. The van der Waals surface area contributed by atoms with E-state index in [9.17, 15) is 17.6 Å². The molecule has 2 aromatic carbocycles. The predicted molar refractivity (Wildman–Crippen MR) is 139 cm³/mol. The number of hydrogen-bond donors (Lipinski definition) is 1. The minimum absolute atomic E-state index is 0.0152. The van der Waals surface area contributed by atoms with E-state index in [-0.39, 0.29) is 22.7 Å². The zero-order valence-electron chi connectivity index (χ0n) is 19.8. The van der Waals surface area contributed by atoms with Crippen LogP contribution in [0.1, 0.15) is 19.9 Å². The van der Waals surface area contributed by atoms with E-state index in [2.05, 4.69) is 14.6 Å². The van der Waals surface area contributed by atoms with Crippen LogP contribution in [-0.2, 0) is 14.8 Å². The van der Waals surface area contributed by atoms with Gasteiger partial charge in [-0.05, 0) is 56.3 Å². The van der Waals surface area contributed by atoms with Gasteiger partial charge in [0.2, 0.25) is 5.91 Å². The summed E-state index contributed by atoms with van der Waals surface area (Å²) in [7, 11) is -3.71. The van der Waals surface area contributed by atoms with Gasteiger partial charge >= 0.3 is 0 Å². The summed E-state index contributed by atoms with van der Waals surface area (Å²) >= 11 is 1.22. The monoisotopic (exact) mass is 527 g/mol. The number of benzene rings is 2. The Morgan fingerprint density at radius 3 is 2.64 bits per heavy atom. The minimum Gasteiger partial charge on any atom is -0.368 e. The number of nitrogens with one attached hydrogen (secondary N) is 1. The first kappa shape index (κ1) is 24.3. The molecule has 2 atom stereocenters. The van der Waals surface area contributed by atoms with Crippen molar-refractivity contribution in [3.05, 3.63) is 72.1 Å². The summed E-state index contributed by atoms with van der Waals surface area (Å²) in [5, 5.41) is 2.52. The van der Waals surface area contributed by atoms with Crippen molar-refractivity contribution in [2.75, 3.05) is 29.3 Å². The molecule has 1 aliphatic rings. The van der Waals surface area contributed by atoms with E-state index in [1.165, 1.54) is 17.4 Å². The number of thiazole rings is 1. The minimum atomic E-state index is -3.71. The largest absolute Gasteiger partial charge is 0.368 e. The number of fused-ring (bicyclic) bond motifs is 1. The van der Waals surface area contributed by atoms with E-state index in [4.69, 9.17) is 0 Å². The topological polar surface area (TPSA) is 87.5 Å². The first-order valence-electron chi connectivity index (χ1n) is 11.6. The fourth-order valence-electron chi connectivity index (χ4n) is 4.65. The molecule has 11 heteroatoms. The SMILES string of the molecule is CC1CN(c2ccc(S(=O)(=O)Nc3nccs3)cc2)CCN1C(=O)C(C)n1ccc2c(F)cccc21. The van der Waals surface area contributed by atoms with Crippen LogP contribution in [0, 0.1) is 5.82 Å². The maximum atomic E-state index is 14.1. The zero-order chi connectivity index (χ0) is 25.4. The van der Waals surface area contributed by atoms with Gasteiger partial charge in [0.25, 0.3) is 10.0 Å². The average Bonchev–Trinajstić information content (AvgIpc) is 3.53. The number of carbonyl (C=O) groups excluding carboxylic acids is 1. The highest BCUT2D eigenvalue weighted by molar-refractivity contribution is 7.93. The molecule has 8 nitrogen and oxygen atoms in total. The fraction of sp³-hybridized carbons (Fsp3) is 0.280. The van der Waals surface area contributed by atoms with Gasteiger partial charge in [0.05, 0.1) is 10.4 Å². The number of hydrogen-bond acceptors (Lipinski definition) is 6. The highest BCUT2D eigenvalue weighted by atomic mass is 32.2. The maximum absolute atomic E-state index is 14.1. The van der Waals surface area contributed by atoms with Crippen molar-refractivity contribution in [3.63, 3.8) is 0 Å². The van der Waals surface area contributed by atoms with E-state index in [1.807, 2.05) is 29.4 Å². The standard InChI is InChI=1S/C25H26FN5O3S2/c1-17-16-29(19-6-8-20(9-7-19)36(33,34)28-25-27-11-15-35-25)13-14-30(17)24(32)18(2)31-12-10-21-22(26)4-3-5-23(21)31/h3-12,15,17-18H,13-14,16H2,1-2H3,(H,27,28). The highest BCUT2D eigenvalue weighted by Gasteiger charge is 2.31. The molecule has 1 aliphatic heterocycles. The van der Waals surface area contributed by atoms with Crippen LogP contribution in [0.4, 0.5) is 15.2 Å². The summed E-state index contributed by atoms with van der Waals surface area (Å²) in [6, 6.07) is 12.8. The van der Waals surface area contributed by atoms with E-state index in [0.717, 1.165) is 5.69 Å². The van der Waals surface area contributed by atoms with E-state index in [1.54, 1.807) is 54.2 Å². The molecule has 3 heterocycles. The number of piperazine rings is 1. The summed E-state index contributed by atoms with van der Waals surface area (Å²) in [5.74, 6) is -0.315. The first-order chi connectivity index (χ1) is 17.2. The second kappa shape index (κ2) is 9.55. The van der Waals surface area contributed by atoms with Crippen molar-refractivity contribution in [1.82, 2.24) is 14.5 Å². The summed E-state index contributed by atoms with van der Waals surface area (Å²) in [6.45, 7) is 5.60. The van der Waals surface area contributed by atoms with Crippen LogP contribution < -0.4 is 9.62 Å². The van der Waals surface area contributed by atoms with Gasteiger partial charge in [-0.15, -0.1) is 11.3 Å². The van der Waals surface area contributed by atoms with Crippen molar-refractivity contribution in [3.8, 4) is 0 Å². The molecular weight excluding hydrogens is 501 g/mol. The van der Waals surface area contributed by atoms with Crippen LogP contribution in [0.5, 0.6) is 0 Å². The third-order valence-electron chi connectivity index (χ3n) is 6.56. The number of nitrogens with zero attached hydrogens (tertiary/aromatic N) is 4. The molecule has 0 radical (unpaired) electrons. The van der Waals surface area contributed by atoms with Crippen LogP contribution in [0.2, 0.25) is 0 Å². The Hall–Kier alpha value is -3.44. The van der Waals surface area contributed by atoms with Crippen molar-refractivity contribution in [1.29, 1.82) is 0 Å². The van der Waals surface area contributed by atoms with Gasteiger partial charge in [-0.2, -0.15) is 0 Å². The molecule has 36 heavy (non-hydrogen) atoms. The summed E-state index contributed by atoms with van der Waals surface area (Å²) < 4.78 is 43.6. The van der Waals surface area contributed by atoms with Crippen LogP contribution in [0.25, 0.3) is 10.9 Å². The van der Waals surface area contributed by atoms with E-state index in [0.29, 0.717) is 35.7 Å². The molecule has 188 valence electrons. The molecule has 2 unspecified atom stereocenters. The molecule has 0 spiro atoms. The van der Waals surface area contributed by atoms with Gasteiger partial charge in [-0.3, -0.25) is 9.52 Å². The lowest BCUT2D eigenvalue weighted by atomic mass is 10.1. The quantitative estimate of drug-likeness (QED) is 0.403. The van der Waals surface area contributed by atoms with Crippen LogP contribution in [0.3, 0.4) is 0 Å². The molecule has 0 aliphatic carbocycles. The summed E-state index contributed by atoms with van der Waals surface area (Å²) in [4.78, 5) is 21.5. The zero-order valence-corrected chi connectivity index (χ0v) is 21.5. The fourth-order valence-corrected chi connectivity index (χ4v) is 6.44. The number of amides is 1. The van der Waals surface area contributed by atoms with Gasteiger partial charge in [0, 0.05) is 54.5 Å².